The van der Waals surface area contributed by atoms with Crippen LogP contribution in [0.25, 0.3) is 10.8 Å². The summed E-state index contributed by atoms with van der Waals surface area (Å²) in [6.45, 7) is 1.96. The van der Waals surface area contributed by atoms with Gasteiger partial charge in [0.05, 0.1) is 0 Å². The Morgan fingerprint density at radius 1 is 1.00 bits per heavy atom. The maximum atomic E-state index is 12.6. The van der Waals surface area contributed by atoms with E-state index in [2.05, 4.69) is 0 Å². The molecule has 24 heavy (non-hydrogen) atoms. The van der Waals surface area contributed by atoms with E-state index >= 15 is 0 Å². The van der Waals surface area contributed by atoms with Gasteiger partial charge in [-0.15, -0.1) is 0 Å². The number of benzene rings is 3. The van der Waals surface area contributed by atoms with E-state index in [1.807, 2.05) is 55.5 Å². The topological polar surface area (TPSA) is 43.4 Å². The van der Waals surface area contributed by atoms with Crippen molar-refractivity contribution in [1.29, 1.82) is 0 Å². The number of ether oxygens (including phenoxy) is 1. The molecule has 1 heterocycles. The van der Waals surface area contributed by atoms with Gasteiger partial charge in [0.25, 0.3) is 0 Å². The molecule has 0 saturated heterocycles. The number of rotatable bonds is 2. The van der Waals surface area contributed by atoms with E-state index in [9.17, 15) is 9.59 Å². The molecule has 3 aromatic carbocycles. The molecule has 0 saturated carbocycles. The van der Waals surface area contributed by atoms with Crippen molar-refractivity contribution in [2.24, 2.45) is 0 Å². The van der Waals surface area contributed by atoms with Crippen molar-refractivity contribution in [3.05, 3.63) is 77.4 Å². The van der Waals surface area contributed by atoms with E-state index in [1.54, 1.807) is 12.1 Å². The fourth-order valence-electron chi connectivity index (χ4n) is 3.14. The van der Waals surface area contributed by atoms with Crippen molar-refractivity contribution in [2.75, 3.05) is 0 Å². The number of carbonyl (C=O) groups excluding carboxylic acids is 2. The molecule has 0 aliphatic carbocycles. The summed E-state index contributed by atoms with van der Waals surface area (Å²) in [6.07, 6.45) is -0.833. The lowest BCUT2D eigenvalue weighted by Crippen LogP contribution is -2.40. The van der Waals surface area contributed by atoms with Gasteiger partial charge in [-0.2, -0.15) is 0 Å². The lowest BCUT2D eigenvalue weighted by molar-refractivity contribution is -0.124. The number of hydrogen-bond acceptors (Lipinski definition) is 3. The van der Waals surface area contributed by atoms with Gasteiger partial charge in [0.2, 0.25) is 11.9 Å². The Bertz CT molecular complexity index is 954. The van der Waals surface area contributed by atoms with Gasteiger partial charge in [-0.05, 0) is 23.8 Å². The van der Waals surface area contributed by atoms with Gasteiger partial charge >= 0.3 is 0 Å². The van der Waals surface area contributed by atoms with Crippen molar-refractivity contribution in [3.8, 4) is 5.75 Å². The predicted molar refractivity (Wildman–Crippen MR) is 92.6 cm³/mol. The number of ketones is 2. The normalized spacial score (nSPS) is 16.5. The quantitative estimate of drug-likeness (QED) is 0.532. The highest BCUT2D eigenvalue weighted by Crippen LogP contribution is 2.33. The summed E-state index contributed by atoms with van der Waals surface area (Å²) < 4.78 is 5.80. The van der Waals surface area contributed by atoms with Crippen LogP contribution < -0.4 is 4.74 Å². The van der Waals surface area contributed by atoms with Crippen LogP contribution in [0.15, 0.2) is 60.7 Å². The number of Topliss-reactive ketones (excluding diaryl/α,β-unsaturated/α-hetero) is 2. The van der Waals surface area contributed by atoms with Gasteiger partial charge in [0.1, 0.15) is 5.75 Å². The first-order valence-electron chi connectivity index (χ1n) is 7.94. The molecule has 4 rings (SSSR count). The Morgan fingerprint density at radius 3 is 2.54 bits per heavy atom. The van der Waals surface area contributed by atoms with Crippen molar-refractivity contribution in [3.63, 3.8) is 0 Å². The second kappa shape index (κ2) is 5.60. The molecule has 0 fully saturated rings. The number of carbonyl (C=O) groups is 2. The van der Waals surface area contributed by atoms with Gasteiger partial charge in [0, 0.05) is 17.5 Å². The number of hydrogen-bond donors (Lipinski definition) is 0. The summed E-state index contributed by atoms with van der Waals surface area (Å²) in [4.78, 5) is 25.2. The third kappa shape index (κ3) is 2.38. The van der Waals surface area contributed by atoms with E-state index in [1.165, 1.54) is 0 Å². The van der Waals surface area contributed by atoms with Crippen LogP contribution in [-0.2, 0) is 11.2 Å². The molecule has 0 aromatic heterocycles. The molecule has 0 amide bonds. The Hall–Kier alpha value is -2.94. The van der Waals surface area contributed by atoms with Crippen molar-refractivity contribution in [2.45, 2.75) is 19.4 Å². The van der Waals surface area contributed by atoms with Crippen LogP contribution >= 0.6 is 0 Å². The van der Waals surface area contributed by atoms with E-state index in [0.29, 0.717) is 11.3 Å². The van der Waals surface area contributed by atoms with E-state index in [4.69, 9.17) is 4.74 Å². The summed E-state index contributed by atoms with van der Waals surface area (Å²) in [5.74, 6) is 0.155. The minimum absolute atomic E-state index is 0.190. The third-order valence-electron chi connectivity index (χ3n) is 4.46. The zero-order valence-corrected chi connectivity index (χ0v) is 13.3. The summed E-state index contributed by atoms with van der Waals surface area (Å²) in [6, 6.07) is 18.9. The lowest BCUT2D eigenvalue weighted by atomic mass is 9.92. The SMILES string of the molecule is Cc1ccc(C(=O)C2Oc3ccc4ccccc4c3CC2=O)cc1. The lowest BCUT2D eigenvalue weighted by Gasteiger charge is -2.25. The van der Waals surface area contributed by atoms with E-state index < -0.39 is 6.10 Å². The monoisotopic (exact) mass is 316 g/mol. The standard InChI is InChI=1S/C21H16O3/c1-13-6-8-15(9-7-13)20(23)21-18(22)12-17-16-5-3-2-4-14(16)10-11-19(17)24-21/h2-11,21H,12H2,1H3. The van der Waals surface area contributed by atoms with Crippen LogP contribution in [0.5, 0.6) is 5.75 Å². The molecule has 1 aliphatic heterocycles. The molecule has 0 N–H and O–H groups in total. The van der Waals surface area contributed by atoms with Crippen molar-refractivity contribution < 1.29 is 14.3 Å². The van der Waals surface area contributed by atoms with Crippen LogP contribution in [0.3, 0.4) is 0 Å². The average Bonchev–Trinajstić information content (AvgIpc) is 2.61. The first kappa shape index (κ1) is 14.6. The summed E-state index contributed by atoms with van der Waals surface area (Å²) >= 11 is 0. The van der Waals surface area contributed by atoms with Crippen LogP contribution in [0, 0.1) is 6.92 Å². The van der Waals surface area contributed by atoms with Crippen molar-refractivity contribution >= 4 is 22.3 Å². The van der Waals surface area contributed by atoms with Crippen molar-refractivity contribution in [1.82, 2.24) is 0 Å². The summed E-state index contributed by atoms with van der Waals surface area (Å²) in [5.41, 5.74) is 2.44. The Labute approximate surface area is 139 Å². The number of aryl methyl sites for hydroxylation is 1. The molecule has 118 valence electrons. The second-order valence-electron chi connectivity index (χ2n) is 6.13. The maximum Gasteiger partial charge on any atom is 0.219 e. The van der Waals surface area contributed by atoms with Crippen LogP contribution in [0.2, 0.25) is 0 Å². The van der Waals surface area contributed by atoms with Gasteiger partial charge in [0.15, 0.2) is 5.78 Å². The average molecular weight is 316 g/mol. The largest absolute Gasteiger partial charge is 0.474 e. The Morgan fingerprint density at radius 2 is 1.75 bits per heavy atom. The van der Waals surface area contributed by atoms with Gasteiger partial charge in [-0.1, -0.05) is 60.2 Å². The molecular formula is C21H16O3. The molecule has 0 bridgehead atoms. The van der Waals surface area contributed by atoms with Gasteiger partial charge in [-0.25, -0.2) is 0 Å². The highest BCUT2D eigenvalue weighted by Gasteiger charge is 2.34. The predicted octanol–water partition coefficient (Wildman–Crippen LogP) is 3.90. The first-order chi connectivity index (χ1) is 11.6. The summed E-state index contributed by atoms with van der Waals surface area (Å²) in [5, 5.41) is 2.07. The molecule has 0 spiro atoms. The fourth-order valence-corrected chi connectivity index (χ4v) is 3.14. The molecule has 1 aliphatic rings. The van der Waals surface area contributed by atoms with Crippen LogP contribution in [0.4, 0.5) is 0 Å². The molecule has 3 aromatic rings. The molecule has 1 atom stereocenters. The van der Waals surface area contributed by atoms with E-state index in [0.717, 1.165) is 21.9 Å². The Kier molecular flexibility index (Phi) is 3.42. The maximum absolute atomic E-state index is 12.6. The molecular weight excluding hydrogens is 300 g/mol. The minimum atomic E-state index is -1.05. The molecule has 3 nitrogen and oxygen atoms in total. The molecule has 0 radical (unpaired) electrons. The second-order valence-corrected chi connectivity index (χ2v) is 6.13. The Balaban J connectivity index is 1.71. The van der Waals surface area contributed by atoms with Crippen LogP contribution in [0.1, 0.15) is 21.5 Å². The highest BCUT2D eigenvalue weighted by atomic mass is 16.5. The molecule has 1 unspecified atom stereocenters. The number of fused-ring (bicyclic) bond motifs is 3. The van der Waals surface area contributed by atoms with E-state index in [-0.39, 0.29) is 18.0 Å². The summed E-state index contributed by atoms with van der Waals surface area (Å²) in [7, 11) is 0. The van der Waals surface area contributed by atoms with Crippen LogP contribution in [-0.4, -0.2) is 17.7 Å². The fraction of sp³-hybridized carbons (Fsp3) is 0.143. The first-order valence-corrected chi connectivity index (χ1v) is 7.94. The third-order valence-corrected chi connectivity index (χ3v) is 4.46. The van der Waals surface area contributed by atoms with Gasteiger partial charge < -0.3 is 4.74 Å². The van der Waals surface area contributed by atoms with Gasteiger partial charge in [-0.3, -0.25) is 9.59 Å². The molecule has 3 heteroatoms. The minimum Gasteiger partial charge on any atom is -0.474 e. The smallest absolute Gasteiger partial charge is 0.219 e. The zero-order valence-electron chi connectivity index (χ0n) is 13.3. The zero-order chi connectivity index (χ0) is 16.7. The highest BCUT2D eigenvalue weighted by molar-refractivity contribution is 6.15.